The molecule has 1 rings (SSSR count). The van der Waals surface area contributed by atoms with Crippen molar-refractivity contribution in [2.45, 2.75) is 33.7 Å². The Labute approximate surface area is 105 Å². The van der Waals surface area contributed by atoms with E-state index in [1.165, 1.54) is 6.20 Å². The molecule has 0 aromatic carbocycles. The smallest absolute Gasteiger partial charge is 0.343 e. The van der Waals surface area contributed by atoms with Crippen LogP contribution in [-0.4, -0.2) is 23.4 Å². The Bertz CT molecular complexity index is 516. The maximum atomic E-state index is 12.0. The topological polar surface area (TPSA) is 65.4 Å². The SMILES string of the molecule is CCOC(=O)c1cn(CC=O)c(CC)c(C)c1=O. The minimum Gasteiger partial charge on any atom is -0.462 e. The Hall–Kier alpha value is -1.91. The van der Waals surface area contributed by atoms with Crippen LogP contribution in [0, 0.1) is 6.92 Å². The van der Waals surface area contributed by atoms with E-state index < -0.39 is 5.97 Å². The van der Waals surface area contributed by atoms with Gasteiger partial charge in [-0.25, -0.2) is 4.79 Å². The fourth-order valence-corrected chi connectivity index (χ4v) is 1.91. The van der Waals surface area contributed by atoms with Gasteiger partial charge in [-0.1, -0.05) is 6.92 Å². The Morgan fingerprint density at radius 2 is 2.11 bits per heavy atom. The van der Waals surface area contributed by atoms with Gasteiger partial charge in [0.1, 0.15) is 11.8 Å². The normalized spacial score (nSPS) is 10.2. The van der Waals surface area contributed by atoms with Crippen molar-refractivity contribution < 1.29 is 14.3 Å². The lowest BCUT2D eigenvalue weighted by Crippen LogP contribution is -2.25. The van der Waals surface area contributed by atoms with Crippen molar-refractivity contribution in [3.8, 4) is 0 Å². The van der Waals surface area contributed by atoms with Crippen LogP contribution >= 0.6 is 0 Å². The first-order valence-electron chi connectivity index (χ1n) is 5.90. The van der Waals surface area contributed by atoms with E-state index in [4.69, 9.17) is 4.74 Å². The summed E-state index contributed by atoms with van der Waals surface area (Å²) < 4.78 is 6.45. The number of hydrogen-bond acceptors (Lipinski definition) is 4. The summed E-state index contributed by atoms with van der Waals surface area (Å²) in [6.45, 7) is 5.56. The van der Waals surface area contributed by atoms with E-state index in [1.54, 1.807) is 18.4 Å². The van der Waals surface area contributed by atoms with Crippen molar-refractivity contribution in [2.24, 2.45) is 0 Å². The minimum absolute atomic E-state index is 0.0200. The van der Waals surface area contributed by atoms with E-state index >= 15 is 0 Å². The quantitative estimate of drug-likeness (QED) is 0.580. The Balaban J connectivity index is 3.41. The number of carbonyl (C=O) groups is 2. The van der Waals surface area contributed by atoms with Gasteiger partial charge in [-0.15, -0.1) is 0 Å². The van der Waals surface area contributed by atoms with E-state index in [9.17, 15) is 14.4 Å². The van der Waals surface area contributed by atoms with Gasteiger partial charge in [0, 0.05) is 17.5 Å². The lowest BCUT2D eigenvalue weighted by Gasteiger charge is -2.14. The Morgan fingerprint density at radius 1 is 1.44 bits per heavy atom. The highest BCUT2D eigenvalue weighted by atomic mass is 16.5. The zero-order chi connectivity index (χ0) is 13.7. The third-order valence-corrected chi connectivity index (χ3v) is 2.75. The molecule has 1 heterocycles. The van der Waals surface area contributed by atoms with Gasteiger partial charge in [-0.3, -0.25) is 4.79 Å². The molecule has 0 aliphatic carbocycles. The first kappa shape index (κ1) is 14.2. The summed E-state index contributed by atoms with van der Waals surface area (Å²) in [6.07, 6.45) is 2.76. The van der Waals surface area contributed by atoms with Crippen LogP contribution in [0.4, 0.5) is 0 Å². The zero-order valence-electron chi connectivity index (χ0n) is 10.9. The molecule has 5 heteroatoms. The first-order valence-corrected chi connectivity index (χ1v) is 5.90. The molecule has 0 unspecified atom stereocenters. The second kappa shape index (κ2) is 6.14. The van der Waals surface area contributed by atoms with Crippen molar-refractivity contribution in [1.82, 2.24) is 4.57 Å². The van der Waals surface area contributed by atoms with Crippen molar-refractivity contribution in [1.29, 1.82) is 0 Å². The second-order valence-corrected chi connectivity index (χ2v) is 3.84. The minimum atomic E-state index is -0.645. The molecule has 0 spiro atoms. The van der Waals surface area contributed by atoms with Crippen LogP contribution in [0.2, 0.25) is 0 Å². The summed E-state index contributed by atoms with van der Waals surface area (Å²) in [5.74, 6) is -0.645. The van der Waals surface area contributed by atoms with Gasteiger partial charge in [0.05, 0.1) is 13.2 Å². The Morgan fingerprint density at radius 3 is 2.61 bits per heavy atom. The molecule has 98 valence electrons. The van der Waals surface area contributed by atoms with Crippen LogP contribution in [0.15, 0.2) is 11.0 Å². The van der Waals surface area contributed by atoms with Crippen LogP contribution < -0.4 is 5.43 Å². The molecule has 0 N–H and O–H groups in total. The number of esters is 1. The van der Waals surface area contributed by atoms with Gasteiger partial charge < -0.3 is 14.1 Å². The molecule has 0 saturated heterocycles. The van der Waals surface area contributed by atoms with Gasteiger partial charge in [0.2, 0.25) is 0 Å². The molecular formula is C13H17NO4. The number of rotatable bonds is 5. The lowest BCUT2D eigenvalue weighted by molar-refractivity contribution is -0.108. The third kappa shape index (κ3) is 2.67. The highest BCUT2D eigenvalue weighted by Gasteiger charge is 2.17. The summed E-state index contributed by atoms with van der Waals surface area (Å²) in [7, 11) is 0. The number of aldehydes is 1. The van der Waals surface area contributed by atoms with Gasteiger partial charge in [-0.2, -0.15) is 0 Å². The first-order chi connectivity index (χ1) is 8.56. The number of aromatic nitrogens is 1. The van der Waals surface area contributed by atoms with Crippen molar-refractivity contribution >= 4 is 12.3 Å². The average molecular weight is 251 g/mol. The summed E-state index contributed by atoms with van der Waals surface area (Å²) in [5, 5.41) is 0. The molecule has 5 nitrogen and oxygen atoms in total. The second-order valence-electron chi connectivity index (χ2n) is 3.84. The molecular weight excluding hydrogens is 234 g/mol. The van der Waals surface area contributed by atoms with Gasteiger partial charge in [0.25, 0.3) is 0 Å². The summed E-state index contributed by atoms with van der Waals surface area (Å²) >= 11 is 0. The predicted molar refractivity (Wildman–Crippen MR) is 66.8 cm³/mol. The largest absolute Gasteiger partial charge is 0.462 e. The van der Waals surface area contributed by atoms with E-state index in [0.717, 1.165) is 12.0 Å². The molecule has 0 aliphatic heterocycles. The summed E-state index contributed by atoms with van der Waals surface area (Å²) in [5.41, 5.74) is 0.908. The number of carbonyl (C=O) groups excluding carboxylic acids is 2. The molecule has 0 bridgehead atoms. The van der Waals surface area contributed by atoms with E-state index in [-0.39, 0.29) is 24.1 Å². The predicted octanol–water partition coefficient (Wildman–Crippen LogP) is 1.09. The molecule has 18 heavy (non-hydrogen) atoms. The highest BCUT2D eigenvalue weighted by Crippen LogP contribution is 2.08. The summed E-state index contributed by atoms with van der Waals surface area (Å²) in [6, 6.07) is 0. The number of ether oxygens (including phenoxy) is 1. The van der Waals surface area contributed by atoms with Crippen LogP contribution in [0.1, 0.15) is 35.5 Å². The molecule has 0 amide bonds. The number of pyridine rings is 1. The molecule has 1 aromatic heterocycles. The molecule has 0 aliphatic rings. The number of hydrogen-bond donors (Lipinski definition) is 0. The van der Waals surface area contributed by atoms with Crippen molar-refractivity contribution in [2.75, 3.05) is 6.61 Å². The lowest BCUT2D eigenvalue weighted by atomic mass is 10.1. The Kier molecular flexibility index (Phi) is 4.83. The van der Waals surface area contributed by atoms with E-state index in [0.29, 0.717) is 12.0 Å². The average Bonchev–Trinajstić information content (AvgIpc) is 2.34. The fraction of sp³-hybridized carbons (Fsp3) is 0.462. The zero-order valence-corrected chi connectivity index (χ0v) is 10.9. The van der Waals surface area contributed by atoms with Crippen LogP contribution in [0.5, 0.6) is 0 Å². The molecule has 0 radical (unpaired) electrons. The van der Waals surface area contributed by atoms with Crippen molar-refractivity contribution in [3.63, 3.8) is 0 Å². The standard InChI is InChI=1S/C13H17NO4/c1-4-11-9(3)12(16)10(13(17)18-5-2)8-14(11)6-7-15/h7-8H,4-6H2,1-3H3. The van der Waals surface area contributed by atoms with Crippen LogP contribution in [0.25, 0.3) is 0 Å². The molecule has 0 fully saturated rings. The maximum absolute atomic E-state index is 12.0. The van der Waals surface area contributed by atoms with Crippen LogP contribution in [-0.2, 0) is 22.5 Å². The van der Waals surface area contributed by atoms with Gasteiger partial charge in [0.15, 0.2) is 5.43 Å². The highest BCUT2D eigenvalue weighted by molar-refractivity contribution is 5.89. The van der Waals surface area contributed by atoms with Crippen molar-refractivity contribution in [3.05, 3.63) is 33.2 Å². The van der Waals surface area contributed by atoms with Gasteiger partial charge in [-0.05, 0) is 20.3 Å². The summed E-state index contributed by atoms with van der Waals surface area (Å²) in [4.78, 5) is 34.3. The third-order valence-electron chi connectivity index (χ3n) is 2.75. The molecule has 0 atom stereocenters. The molecule has 0 saturated carbocycles. The number of nitrogens with zero attached hydrogens (tertiary/aromatic N) is 1. The maximum Gasteiger partial charge on any atom is 0.343 e. The van der Waals surface area contributed by atoms with E-state index in [2.05, 4.69) is 0 Å². The van der Waals surface area contributed by atoms with Crippen LogP contribution in [0.3, 0.4) is 0 Å². The fourth-order valence-electron chi connectivity index (χ4n) is 1.91. The molecule has 1 aromatic rings. The van der Waals surface area contributed by atoms with Gasteiger partial charge >= 0.3 is 5.97 Å². The van der Waals surface area contributed by atoms with E-state index in [1.807, 2.05) is 6.92 Å². The monoisotopic (exact) mass is 251 g/mol.